The zero-order valence-electron chi connectivity index (χ0n) is 13.6. The minimum atomic E-state index is -3.02. The zero-order chi connectivity index (χ0) is 15.2. The van der Waals surface area contributed by atoms with Crippen LogP contribution in [0.4, 0.5) is 0 Å². The molecular weight excluding hydrogens is 272 g/mol. The molecule has 1 rings (SSSR count). The second-order valence-electron chi connectivity index (χ2n) is 6.31. The molecule has 4 nitrogen and oxygen atoms in total. The fraction of sp³-hybridized carbons (Fsp3) is 1.00. The SMILES string of the molecule is CCCNC(CC)C(C)CC1CCCN(S(C)(=O)=O)C1. The van der Waals surface area contributed by atoms with Gasteiger partial charge in [0.15, 0.2) is 0 Å². The lowest BCUT2D eigenvalue weighted by atomic mass is 9.85. The molecule has 1 heterocycles. The zero-order valence-corrected chi connectivity index (χ0v) is 14.4. The number of nitrogens with one attached hydrogen (secondary N) is 1. The maximum Gasteiger partial charge on any atom is 0.211 e. The van der Waals surface area contributed by atoms with Crippen LogP contribution in [0.5, 0.6) is 0 Å². The lowest BCUT2D eigenvalue weighted by molar-refractivity contribution is 0.214. The molecule has 3 unspecified atom stereocenters. The van der Waals surface area contributed by atoms with Crippen LogP contribution in [0.25, 0.3) is 0 Å². The first-order valence-electron chi connectivity index (χ1n) is 8.06. The Morgan fingerprint density at radius 3 is 2.60 bits per heavy atom. The summed E-state index contributed by atoms with van der Waals surface area (Å²) in [7, 11) is -3.02. The molecule has 0 aromatic carbocycles. The fourth-order valence-corrected chi connectivity index (χ4v) is 4.23. The molecule has 1 saturated heterocycles. The van der Waals surface area contributed by atoms with Crippen molar-refractivity contribution in [3.63, 3.8) is 0 Å². The van der Waals surface area contributed by atoms with E-state index in [9.17, 15) is 8.42 Å². The molecule has 0 bridgehead atoms. The van der Waals surface area contributed by atoms with Crippen molar-refractivity contribution < 1.29 is 8.42 Å². The summed E-state index contributed by atoms with van der Waals surface area (Å²) >= 11 is 0. The van der Waals surface area contributed by atoms with Gasteiger partial charge in [0.25, 0.3) is 0 Å². The van der Waals surface area contributed by atoms with Crippen LogP contribution in [0, 0.1) is 11.8 Å². The third kappa shape index (κ3) is 5.70. The van der Waals surface area contributed by atoms with Crippen molar-refractivity contribution >= 4 is 10.0 Å². The number of nitrogens with zero attached hydrogens (tertiary/aromatic N) is 1. The van der Waals surface area contributed by atoms with Gasteiger partial charge in [-0.2, -0.15) is 0 Å². The standard InChI is InChI=1S/C15H32N2O2S/c1-5-9-16-15(6-2)13(3)11-14-8-7-10-17(12-14)20(4,18)19/h13-16H,5-12H2,1-4H3. The molecule has 3 atom stereocenters. The predicted octanol–water partition coefficient (Wildman–Crippen LogP) is 2.46. The lowest BCUT2D eigenvalue weighted by Crippen LogP contribution is -2.41. The van der Waals surface area contributed by atoms with Crippen molar-refractivity contribution in [1.29, 1.82) is 0 Å². The van der Waals surface area contributed by atoms with Crippen molar-refractivity contribution in [2.24, 2.45) is 11.8 Å². The Kier molecular flexibility index (Phi) is 7.48. The first-order chi connectivity index (χ1) is 9.38. The Hall–Kier alpha value is -0.130. The number of hydrogen-bond donors (Lipinski definition) is 1. The van der Waals surface area contributed by atoms with Crippen LogP contribution in [0.3, 0.4) is 0 Å². The van der Waals surface area contributed by atoms with Crippen LogP contribution in [0.1, 0.15) is 52.9 Å². The molecule has 1 aliphatic heterocycles. The van der Waals surface area contributed by atoms with E-state index in [0.29, 0.717) is 31.0 Å². The summed E-state index contributed by atoms with van der Waals surface area (Å²) in [5, 5.41) is 3.62. The second kappa shape index (κ2) is 8.35. The minimum Gasteiger partial charge on any atom is -0.314 e. The quantitative estimate of drug-likeness (QED) is 0.749. The molecule has 0 aromatic rings. The van der Waals surface area contributed by atoms with Gasteiger partial charge in [0.2, 0.25) is 10.0 Å². The van der Waals surface area contributed by atoms with E-state index in [-0.39, 0.29) is 0 Å². The summed E-state index contributed by atoms with van der Waals surface area (Å²) < 4.78 is 25.0. The number of piperidine rings is 1. The monoisotopic (exact) mass is 304 g/mol. The predicted molar refractivity (Wildman–Crippen MR) is 85.3 cm³/mol. The Morgan fingerprint density at radius 2 is 2.05 bits per heavy atom. The van der Waals surface area contributed by atoms with Crippen LogP contribution in [-0.4, -0.2) is 44.7 Å². The highest BCUT2D eigenvalue weighted by atomic mass is 32.2. The highest BCUT2D eigenvalue weighted by Gasteiger charge is 2.28. The lowest BCUT2D eigenvalue weighted by Gasteiger charge is -2.34. The third-order valence-corrected chi connectivity index (χ3v) is 5.71. The van der Waals surface area contributed by atoms with E-state index in [4.69, 9.17) is 0 Å². The van der Waals surface area contributed by atoms with Crippen LogP contribution in [0.2, 0.25) is 0 Å². The highest BCUT2D eigenvalue weighted by Crippen LogP contribution is 2.26. The van der Waals surface area contributed by atoms with Crippen molar-refractivity contribution in [2.45, 2.75) is 58.9 Å². The van der Waals surface area contributed by atoms with E-state index in [1.165, 1.54) is 12.7 Å². The van der Waals surface area contributed by atoms with Gasteiger partial charge in [-0.3, -0.25) is 0 Å². The van der Waals surface area contributed by atoms with Gasteiger partial charge >= 0.3 is 0 Å². The van der Waals surface area contributed by atoms with E-state index >= 15 is 0 Å². The summed E-state index contributed by atoms with van der Waals surface area (Å²) in [6.07, 6.45) is 6.93. The fourth-order valence-electron chi connectivity index (χ4n) is 3.29. The smallest absolute Gasteiger partial charge is 0.211 e. The molecule has 0 aromatic heterocycles. The molecule has 5 heteroatoms. The number of hydrogen-bond acceptors (Lipinski definition) is 3. The first kappa shape index (κ1) is 17.9. The van der Waals surface area contributed by atoms with Gasteiger partial charge in [0.05, 0.1) is 6.26 Å². The maximum absolute atomic E-state index is 11.7. The van der Waals surface area contributed by atoms with Crippen LogP contribution < -0.4 is 5.32 Å². The van der Waals surface area contributed by atoms with Crippen molar-refractivity contribution in [3.05, 3.63) is 0 Å². The molecule has 0 saturated carbocycles. The van der Waals surface area contributed by atoms with E-state index in [2.05, 4.69) is 26.1 Å². The van der Waals surface area contributed by atoms with Crippen LogP contribution in [-0.2, 0) is 10.0 Å². The molecule has 0 aliphatic carbocycles. The van der Waals surface area contributed by atoms with Gasteiger partial charge in [-0.25, -0.2) is 12.7 Å². The van der Waals surface area contributed by atoms with Gasteiger partial charge in [-0.15, -0.1) is 0 Å². The van der Waals surface area contributed by atoms with Gasteiger partial charge in [0, 0.05) is 19.1 Å². The Morgan fingerprint density at radius 1 is 1.35 bits per heavy atom. The third-order valence-electron chi connectivity index (χ3n) is 4.44. The van der Waals surface area contributed by atoms with Crippen molar-refractivity contribution in [3.8, 4) is 0 Å². The van der Waals surface area contributed by atoms with Crippen LogP contribution >= 0.6 is 0 Å². The average molecular weight is 304 g/mol. The van der Waals surface area contributed by atoms with E-state index in [1.54, 1.807) is 4.31 Å². The molecule has 0 spiro atoms. The van der Waals surface area contributed by atoms with E-state index < -0.39 is 10.0 Å². The molecule has 20 heavy (non-hydrogen) atoms. The largest absolute Gasteiger partial charge is 0.314 e. The summed E-state index contributed by atoms with van der Waals surface area (Å²) in [4.78, 5) is 0. The Bertz CT molecular complexity index is 370. The maximum atomic E-state index is 11.7. The number of sulfonamides is 1. The number of rotatable bonds is 8. The van der Waals surface area contributed by atoms with E-state index in [0.717, 1.165) is 32.2 Å². The highest BCUT2D eigenvalue weighted by molar-refractivity contribution is 7.88. The van der Waals surface area contributed by atoms with Gasteiger partial charge in [0.1, 0.15) is 0 Å². The molecule has 1 N–H and O–H groups in total. The molecular formula is C15H32N2O2S. The molecule has 120 valence electrons. The summed E-state index contributed by atoms with van der Waals surface area (Å²) in [5.74, 6) is 1.13. The molecule has 0 radical (unpaired) electrons. The summed E-state index contributed by atoms with van der Waals surface area (Å²) in [6, 6.07) is 0.559. The Labute approximate surface area is 125 Å². The molecule has 1 aliphatic rings. The topological polar surface area (TPSA) is 49.4 Å². The van der Waals surface area contributed by atoms with Crippen LogP contribution in [0.15, 0.2) is 0 Å². The normalized spacial score (nSPS) is 24.5. The summed E-state index contributed by atoms with van der Waals surface area (Å²) in [6.45, 7) is 9.21. The minimum absolute atomic E-state index is 0.519. The second-order valence-corrected chi connectivity index (χ2v) is 8.29. The van der Waals surface area contributed by atoms with Crippen molar-refractivity contribution in [1.82, 2.24) is 9.62 Å². The van der Waals surface area contributed by atoms with Gasteiger partial charge in [-0.05, 0) is 50.5 Å². The van der Waals surface area contributed by atoms with Crippen molar-refractivity contribution in [2.75, 3.05) is 25.9 Å². The summed E-state index contributed by atoms with van der Waals surface area (Å²) in [5.41, 5.74) is 0. The first-order valence-corrected chi connectivity index (χ1v) is 9.91. The van der Waals surface area contributed by atoms with Gasteiger partial charge in [-0.1, -0.05) is 20.8 Å². The molecule has 0 amide bonds. The van der Waals surface area contributed by atoms with E-state index in [1.807, 2.05) is 0 Å². The Balaban J connectivity index is 2.49. The van der Waals surface area contributed by atoms with Gasteiger partial charge < -0.3 is 5.32 Å². The molecule has 1 fully saturated rings. The average Bonchev–Trinajstić information content (AvgIpc) is 2.39.